The molecule has 0 aliphatic heterocycles. The quantitative estimate of drug-likeness (QED) is 0.532. The van der Waals surface area contributed by atoms with Crippen LogP contribution in [0.5, 0.6) is 0 Å². The molecule has 1 saturated carbocycles. The molecule has 2 N–H and O–H groups in total. The van der Waals surface area contributed by atoms with Crippen LogP contribution in [0.3, 0.4) is 0 Å². The van der Waals surface area contributed by atoms with Crippen molar-refractivity contribution in [2.24, 2.45) is 17.6 Å². The molecule has 0 saturated heterocycles. The van der Waals surface area contributed by atoms with Crippen LogP contribution in [-0.2, 0) is 0 Å². The molecule has 1 aliphatic rings. The average Bonchev–Trinajstić information content (AvgIpc) is 2.40. The van der Waals surface area contributed by atoms with Crippen LogP contribution in [0, 0.1) is 11.8 Å². The van der Waals surface area contributed by atoms with Gasteiger partial charge in [0.25, 0.3) is 0 Å². The van der Waals surface area contributed by atoms with Gasteiger partial charge in [-0.05, 0) is 24.8 Å². The smallest absolute Gasteiger partial charge is 0.000571 e. The summed E-state index contributed by atoms with van der Waals surface area (Å²) in [5, 5.41) is 0. The van der Waals surface area contributed by atoms with Crippen LogP contribution >= 0.6 is 0 Å². The highest BCUT2D eigenvalue weighted by molar-refractivity contribution is 5.25. The van der Waals surface area contributed by atoms with Crippen LogP contribution in [0.15, 0.2) is 12.2 Å². The third kappa shape index (κ3) is 0.671. The van der Waals surface area contributed by atoms with E-state index in [4.69, 9.17) is 5.73 Å². The zero-order valence-corrected chi connectivity index (χ0v) is 5.35. The lowest BCUT2D eigenvalue weighted by atomic mass is 10.2. The van der Waals surface area contributed by atoms with E-state index in [1.165, 1.54) is 12.0 Å². The Kier molecular flexibility index (Phi) is 1.39. The summed E-state index contributed by atoms with van der Waals surface area (Å²) < 4.78 is 0. The zero-order valence-electron chi connectivity index (χ0n) is 5.35. The minimum atomic E-state index is 0.667. The van der Waals surface area contributed by atoms with Gasteiger partial charge >= 0.3 is 0 Å². The lowest BCUT2D eigenvalue weighted by Crippen LogP contribution is -2.01. The number of hydrogen-bond donors (Lipinski definition) is 1. The number of rotatable bonds is 2. The Bertz CT molecular complexity index is 95.0. The normalized spacial score (nSPS) is 35.5. The monoisotopic (exact) mass is 111 g/mol. The molecule has 46 valence electrons. The summed E-state index contributed by atoms with van der Waals surface area (Å²) in [6, 6.07) is 0. The SMILES string of the molecule is C=C1C(CC)C1CN. The molecule has 0 bridgehead atoms. The highest BCUT2D eigenvalue weighted by atomic mass is 14.6. The highest BCUT2D eigenvalue weighted by Gasteiger charge is 2.38. The first-order chi connectivity index (χ1) is 3.81. The van der Waals surface area contributed by atoms with Crippen LogP contribution in [0.2, 0.25) is 0 Å². The van der Waals surface area contributed by atoms with E-state index in [0.717, 1.165) is 12.5 Å². The summed E-state index contributed by atoms with van der Waals surface area (Å²) in [7, 11) is 0. The maximum absolute atomic E-state index is 5.43. The first-order valence-corrected chi connectivity index (χ1v) is 3.20. The van der Waals surface area contributed by atoms with E-state index in [9.17, 15) is 0 Å². The van der Waals surface area contributed by atoms with Gasteiger partial charge in [0, 0.05) is 0 Å². The van der Waals surface area contributed by atoms with Gasteiger partial charge in [-0.2, -0.15) is 0 Å². The van der Waals surface area contributed by atoms with Crippen molar-refractivity contribution in [1.29, 1.82) is 0 Å². The predicted octanol–water partition coefficient (Wildman–Crippen LogP) is 1.16. The first-order valence-electron chi connectivity index (χ1n) is 3.20. The van der Waals surface area contributed by atoms with Gasteiger partial charge in [-0.15, -0.1) is 0 Å². The molecule has 1 nitrogen and oxygen atoms in total. The molecule has 0 aromatic heterocycles. The van der Waals surface area contributed by atoms with Gasteiger partial charge in [0.05, 0.1) is 0 Å². The molecular weight excluding hydrogens is 98.1 g/mol. The van der Waals surface area contributed by atoms with Gasteiger partial charge in [0.2, 0.25) is 0 Å². The topological polar surface area (TPSA) is 26.0 Å². The lowest BCUT2D eigenvalue weighted by molar-refractivity contribution is 0.688. The van der Waals surface area contributed by atoms with E-state index in [0.29, 0.717) is 5.92 Å². The zero-order chi connectivity index (χ0) is 6.15. The Morgan fingerprint density at radius 2 is 2.25 bits per heavy atom. The summed E-state index contributed by atoms with van der Waals surface area (Å²) in [6.45, 7) is 6.88. The summed E-state index contributed by atoms with van der Waals surface area (Å²) in [6.07, 6.45) is 1.22. The molecule has 1 rings (SSSR count). The van der Waals surface area contributed by atoms with Gasteiger partial charge in [0.15, 0.2) is 0 Å². The van der Waals surface area contributed by atoms with Crippen molar-refractivity contribution in [3.63, 3.8) is 0 Å². The molecule has 1 aliphatic carbocycles. The van der Waals surface area contributed by atoms with E-state index in [-0.39, 0.29) is 0 Å². The molecule has 0 amide bonds. The fourth-order valence-corrected chi connectivity index (χ4v) is 1.31. The van der Waals surface area contributed by atoms with Crippen LogP contribution in [0.4, 0.5) is 0 Å². The minimum Gasteiger partial charge on any atom is -0.330 e. The van der Waals surface area contributed by atoms with E-state index < -0.39 is 0 Å². The summed E-state index contributed by atoms with van der Waals surface area (Å²) in [4.78, 5) is 0. The molecule has 0 radical (unpaired) electrons. The largest absolute Gasteiger partial charge is 0.330 e. The van der Waals surface area contributed by atoms with E-state index >= 15 is 0 Å². The van der Waals surface area contributed by atoms with Gasteiger partial charge in [-0.1, -0.05) is 19.1 Å². The van der Waals surface area contributed by atoms with Crippen molar-refractivity contribution in [2.75, 3.05) is 6.54 Å². The van der Waals surface area contributed by atoms with E-state index in [1.54, 1.807) is 0 Å². The third-order valence-electron chi connectivity index (χ3n) is 2.02. The Morgan fingerprint density at radius 1 is 1.62 bits per heavy atom. The predicted molar refractivity (Wildman–Crippen MR) is 35.5 cm³/mol. The second kappa shape index (κ2) is 1.90. The summed E-state index contributed by atoms with van der Waals surface area (Å²) in [5.41, 5.74) is 6.80. The van der Waals surface area contributed by atoms with Crippen LogP contribution in [0.25, 0.3) is 0 Å². The first kappa shape index (κ1) is 5.83. The maximum atomic E-state index is 5.43. The van der Waals surface area contributed by atoms with Crippen LogP contribution in [0.1, 0.15) is 13.3 Å². The summed E-state index contributed by atoms with van der Waals surface area (Å²) in [5.74, 6) is 1.43. The van der Waals surface area contributed by atoms with E-state index in [2.05, 4.69) is 13.5 Å². The molecule has 0 spiro atoms. The van der Waals surface area contributed by atoms with Crippen molar-refractivity contribution in [3.05, 3.63) is 12.2 Å². The Hall–Kier alpha value is -0.300. The average molecular weight is 111 g/mol. The standard InChI is InChI=1S/C7H13N/c1-3-6-5(2)7(6)4-8/h6-7H,2-4,8H2,1H3. The van der Waals surface area contributed by atoms with E-state index in [1.807, 2.05) is 0 Å². The van der Waals surface area contributed by atoms with Gasteiger partial charge in [-0.25, -0.2) is 0 Å². The fraction of sp³-hybridized carbons (Fsp3) is 0.714. The van der Waals surface area contributed by atoms with Crippen molar-refractivity contribution >= 4 is 0 Å². The molecule has 1 fully saturated rings. The van der Waals surface area contributed by atoms with Crippen molar-refractivity contribution in [2.45, 2.75) is 13.3 Å². The van der Waals surface area contributed by atoms with Crippen LogP contribution in [-0.4, -0.2) is 6.54 Å². The Labute approximate surface area is 50.6 Å². The van der Waals surface area contributed by atoms with Crippen molar-refractivity contribution < 1.29 is 0 Å². The lowest BCUT2D eigenvalue weighted by Gasteiger charge is -1.84. The maximum Gasteiger partial charge on any atom is -0.000571 e. The number of hydrogen-bond acceptors (Lipinski definition) is 1. The molecule has 1 heteroatoms. The van der Waals surface area contributed by atoms with Crippen LogP contribution < -0.4 is 5.73 Å². The minimum absolute atomic E-state index is 0.667. The second-order valence-corrected chi connectivity index (χ2v) is 2.43. The molecule has 8 heavy (non-hydrogen) atoms. The fourth-order valence-electron chi connectivity index (χ4n) is 1.31. The second-order valence-electron chi connectivity index (χ2n) is 2.43. The van der Waals surface area contributed by atoms with Gasteiger partial charge in [-0.3, -0.25) is 0 Å². The Balaban J connectivity index is 2.34. The van der Waals surface area contributed by atoms with Crippen molar-refractivity contribution in [1.82, 2.24) is 0 Å². The van der Waals surface area contributed by atoms with Gasteiger partial charge in [0.1, 0.15) is 0 Å². The molecule has 0 heterocycles. The molecule has 2 atom stereocenters. The number of nitrogens with two attached hydrogens (primary N) is 1. The third-order valence-corrected chi connectivity index (χ3v) is 2.02. The molecule has 0 aromatic rings. The summed E-state index contributed by atoms with van der Waals surface area (Å²) >= 11 is 0. The molecular formula is C7H13N. The highest BCUT2D eigenvalue weighted by Crippen LogP contribution is 2.45. The molecule has 0 aromatic carbocycles. The van der Waals surface area contributed by atoms with Gasteiger partial charge < -0.3 is 5.73 Å². The Morgan fingerprint density at radius 3 is 2.38 bits per heavy atom. The molecule has 2 unspecified atom stereocenters. The van der Waals surface area contributed by atoms with Crippen molar-refractivity contribution in [3.8, 4) is 0 Å².